The van der Waals surface area contributed by atoms with E-state index in [0.29, 0.717) is 5.69 Å². The van der Waals surface area contributed by atoms with Crippen LogP contribution in [-0.2, 0) is 4.79 Å². The zero-order valence-electron chi connectivity index (χ0n) is 12.1. The van der Waals surface area contributed by atoms with Gasteiger partial charge in [0.1, 0.15) is 5.02 Å². The average Bonchev–Trinajstić information content (AvgIpc) is 2.40. The van der Waals surface area contributed by atoms with Gasteiger partial charge in [0.2, 0.25) is 5.91 Å². The van der Waals surface area contributed by atoms with Crippen molar-refractivity contribution >= 4 is 28.9 Å². The van der Waals surface area contributed by atoms with Gasteiger partial charge in [0, 0.05) is 23.7 Å². The van der Waals surface area contributed by atoms with Gasteiger partial charge in [-0.1, -0.05) is 24.9 Å². The van der Waals surface area contributed by atoms with Crippen LogP contribution in [0.2, 0.25) is 5.02 Å². The van der Waals surface area contributed by atoms with E-state index in [1.165, 1.54) is 12.1 Å². The molecule has 0 aliphatic carbocycles. The van der Waals surface area contributed by atoms with Crippen LogP contribution in [0.5, 0.6) is 0 Å². The second-order valence-corrected chi connectivity index (χ2v) is 5.63. The van der Waals surface area contributed by atoms with Crippen LogP contribution in [0, 0.1) is 16.0 Å². The monoisotopic (exact) mass is 313 g/mol. The number of benzene rings is 1. The predicted molar refractivity (Wildman–Crippen MR) is 83.4 cm³/mol. The summed E-state index contributed by atoms with van der Waals surface area (Å²) in [6, 6.07) is 4.33. The molecule has 1 rings (SSSR count). The topological polar surface area (TPSA) is 98.3 Å². The Morgan fingerprint density at radius 2 is 2.10 bits per heavy atom. The lowest BCUT2D eigenvalue weighted by molar-refractivity contribution is -0.384. The van der Waals surface area contributed by atoms with Gasteiger partial charge in [0.15, 0.2) is 0 Å². The van der Waals surface area contributed by atoms with E-state index in [0.717, 1.165) is 19.3 Å². The van der Waals surface area contributed by atoms with Crippen LogP contribution in [0.25, 0.3) is 0 Å². The summed E-state index contributed by atoms with van der Waals surface area (Å²) in [7, 11) is 0. The van der Waals surface area contributed by atoms with E-state index in [1.807, 2.05) is 13.8 Å². The van der Waals surface area contributed by atoms with Gasteiger partial charge in [0.05, 0.1) is 4.92 Å². The van der Waals surface area contributed by atoms with Crippen molar-refractivity contribution in [2.45, 2.75) is 39.2 Å². The number of hydrogen-bond acceptors (Lipinski definition) is 4. The van der Waals surface area contributed by atoms with Crippen molar-refractivity contribution in [2.24, 2.45) is 11.7 Å². The molecule has 3 N–H and O–H groups in total. The first-order valence-electron chi connectivity index (χ1n) is 6.81. The Kier molecular flexibility index (Phi) is 6.58. The Balaban J connectivity index is 2.62. The van der Waals surface area contributed by atoms with E-state index in [2.05, 4.69) is 5.32 Å². The second kappa shape index (κ2) is 7.95. The largest absolute Gasteiger partial charge is 0.328 e. The van der Waals surface area contributed by atoms with E-state index in [4.69, 9.17) is 17.3 Å². The third-order valence-corrected chi connectivity index (χ3v) is 3.47. The van der Waals surface area contributed by atoms with E-state index in [9.17, 15) is 14.9 Å². The molecule has 0 bridgehead atoms. The minimum atomic E-state index is -0.579. The summed E-state index contributed by atoms with van der Waals surface area (Å²) in [6.07, 6.45) is 2.46. The molecule has 1 aromatic rings. The number of nitro groups is 1. The summed E-state index contributed by atoms with van der Waals surface area (Å²) < 4.78 is 0. The highest BCUT2D eigenvalue weighted by Gasteiger charge is 2.16. The molecule has 0 aliphatic rings. The minimum absolute atomic E-state index is 0.0444. The van der Waals surface area contributed by atoms with E-state index >= 15 is 0 Å². The van der Waals surface area contributed by atoms with Crippen LogP contribution in [0.15, 0.2) is 18.2 Å². The summed E-state index contributed by atoms with van der Waals surface area (Å²) in [5.41, 5.74) is 5.81. The first-order chi connectivity index (χ1) is 9.81. The maximum atomic E-state index is 12.0. The van der Waals surface area contributed by atoms with Gasteiger partial charge in [-0.05, 0) is 31.9 Å². The molecule has 0 aliphatic heterocycles. The Morgan fingerprint density at radius 3 is 2.67 bits per heavy atom. The zero-order valence-corrected chi connectivity index (χ0v) is 12.9. The number of carbonyl (C=O) groups is 1. The fourth-order valence-corrected chi connectivity index (χ4v) is 2.06. The van der Waals surface area contributed by atoms with Crippen LogP contribution in [0.4, 0.5) is 11.4 Å². The van der Waals surface area contributed by atoms with Gasteiger partial charge in [-0.25, -0.2) is 0 Å². The number of nitrogens with two attached hydrogens (primary N) is 1. The van der Waals surface area contributed by atoms with Crippen molar-refractivity contribution in [3.63, 3.8) is 0 Å². The fourth-order valence-electron chi connectivity index (χ4n) is 1.87. The van der Waals surface area contributed by atoms with Gasteiger partial charge in [-0.2, -0.15) is 0 Å². The number of nitrogens with zero attached hydrogens (tertiary/aromatic N) is 1. The number of anilines is 1. The number of nitro benzene ring substituents is 1. The molecule has 0 fully saturated rings. The number of carbonyl (C=O) groups excluding carboxylic acids is 1. The maximum absolute atomic E-state index is 12.0. The number of halogens is 1. The lowest BCUT2D eigenvalue weighted by atomic mass is 10.0. The highest BCUT2D eigenvalue weighted by Crippen LogP contribution is 2.27. The summed E-state index contributed by atoms with van der Waals surface area (Å²) in [6.45, 7) is 3.75. The van der Waals surface area contributed by atoms with Crippen LogP contribution in [0.1, 0.15) is 33.1 Å². The molecule has 0 saturated heterocycles. The lowest BCUT2D eigenvalue weighted by Gasteiger charge is -2.13. The number of amides is 1. The molecule has 0 radical (unpaired) electrons. The highest BCUT2D eigenvalue weighted by atomic mass is 35.5. The lowest BCUT2D eigenvalue weighted by Crippen LogP contribution is -2.21. The van der Waals surface area contributed by atoms with E-state index < -0.39 is 4.92 Å². The number of nitrogens with one attached hydrogen (secondary N) is 1. The summed E-state index contributed by atoms with van der Waals surface area (Å²) in [5, 5.41) is 13.5. The van der Waals surface area contributed by atoms with Crippen LogP contribution < -0.4 is 11.1 Å². The number of hydrogen-bond donors (Lipinski definition) is 2. The molecular formula is C14H20ClN3O3. The standard InChI is InChI=1S/C14H20ClN3O3/c1-9(4-3-5-10(2)16)14(19)17-11-6-7-12(15)13(8-11)18(20)21/h6-10H,3-5,16H2,1-2H3,(H,17,19). The molecule has 0 heterocycles. The molecule has 1 aromatic carbocycles. The van der Waals surface area contributed by atoms with Crippen LogP contribution in [0.3, 0.4) is 0 Å². The van der Waals surface area contributed by atoms with Crippen molar-refractivity contribution in [1.29, 1.82) is 0 Å². The first-order valence-corrected chi connectivity index (χ1v) is 7.19. The fraction of sp³-hybridized carbons (Fsp3) is 0.500. The van der Waals surface area contributed by atoms with Gasteiger partial charge >= 0.3 is 0 Å². The van der Waals surface area contributed by atoms with Gasteiger partial charge in [0.25, 0.3) is 5.69 Å². The van der Waals surface area contributed by atoms with Crippen molar-refractivity contribution in [1.82, 2.24) is 0 Å². The van der Waals surface area contributed by atoms with Crippen molar-refractivity contribution in [2.75, 3.05) is 5.32 Å². The maximum Gasteiger partial charge on any atom is 0.289 e. The SMILES string of the molecule is CC(N)CCCC(C)C(=O)Nc1ccc(Cl)c([N+](=O)[O-])c1. The Bertz CT molecular complexity index is 520. The highest BCUT2D eigenvalue weighted by molar-refractivity contribution is 6.32. The summed E-state index contributed by atoms with van der Waals surface area (Å²) >= 11 is 5.72. The molecule has 116 valence electrons. The van der Waals surface area contributed by atoms with E-state index in [-0.39, 0.29) is 28.6 Å². The van der Waals surface area contributed by atoms with Crippen LogP contribution in [-0.4, -0.2) is 16.9 Å². The van der Waals surface area contributed by atoms with Gasteiger partial charge in [-0.3, -0.25) is 14.9 Å². The zero-order chi connectivity index (χ0) is 16.0. The van der Waals surface area contributed by atoms with Gasteiger partial charge < -0.3 is 11.1 Å². The molecule has 21 heavy (non-hydrogen) atoms. The normalized spacial score (nSPS) is 13.5. The van der Waals surface area contributed by atoms with Crippen molar-refractivity contribution in [3.8, 4) is 0 Å². The third-order valence-electron chi connectivity index (χ3n) is 3.15. The molecular weight excluding hydrogens is 294 g/mol. The molecule has 2 atom stereocenters. The number of rotatable bonds is 7. The summed E-state index contributed by atoms with van der Waals surface area (Å²) in [5.74, 6) is -0.352. The molecule has 6 nitrogen and oxygen atoms in total. The molecule has 1 amide bonds. The first kappa shape index (κ1) is 17.4. The third kappa shape index (κ3) is 5.69. The molecule has 7 heteroatoms. The van der Waals surface area contributed by atoms with Crippen molar-refractivity contribution < 1.29 is 9.72 Å². The quantitative estimate of drug-likeness (QED) is 0.595. The average molecular weight is 314 g/mol. The molecule has 0 aromatic heterocycles. The van der Waals surface area contributed by atoms with Crippen LogP contribution >= 0.6 is 11.6 Å². The molecule has 0 spiro atoms. The van der Waals surface area contributed by atoms with Crippen molar-refractivity contribution in [3.05, 3.63) is 33.3 Å². The Labute approximate surface area is 128 Å². The minimum Gasteiger partial charge on any atom is -0.328 e. The molecule has 2 unspecified atom stereocenters. The molecule has 0 saturated carbocycles. The Morgan fingerprint density at radius 1 is 1.43 bits per heavy atom. The summed E-state index contributed by atoms with van der Waals surface area (Å²) in [4.78, 5) is 22.2. The second-order valence-electron chi connectivity index (χ2n) is 5.22. The smallest absolute Gasteiger partial charge is 0.289 e. The Hall–Kier alpha value is -1.66. The van der Waals surface area contributed by atoms with Gasteiger partial charge in [-0.15, -0.1) is 0 Å². The predicted octanol–water partition coefficient (Wildman–Crippen LogP) is 3.34. The van der Waals surface area contributed by atoms with E-state index in [1.54, 1.807) is 6.07 Å².